The third-order valence-electron chi connectivity index (χ3n) is 5.07. The van der Waals surface area contributed by atoms with E-state index in [1.165, 1.54) is 32.1 Å². The van der Waals surface area contributed by atoms with Gasteiger partial charge in [0.15, 0.2) is 0 Å². The molecule has 1 aromatic rings. The van der Waals surface area contributed by atoms with E-state index >= 15 is 0 Å². The molecular weight excluding hydrogens is 352 g/mol. The molecule has 0 aliphatic heterocycles. The Bertz CT molecular complexity index is 505. The molecule has 0 aromatic carbocycles. The number of ether oxygens (including phenoxy) is 1. The SMILES string of the molecule is CCOC1CC(Nc2cnc(Cl)c(Br)c2)C12CCCCC2. The molecule has 0 radical (unpaired) electrons. The van der Waals surface area contributed by atoms with Crippen LogP contribution < -0.4 is 5.32 Å². The van der Waals surface area contributed by atoms with E-state index < -0.39 is 0 Å². The van der Waals surface area contributed by atoms with Crippen LogP contribution in [0.25, 0.3) is 0 Å². The van der Waals surface area contributed by atoms with E-state index in [9.17, 15) is 0 Å². The van der Waals surface area contributed by atoms with E-state index in [-0.39, 0.29) is 0 Å². The highest BCUT2D eigenvalue weighted by atomic mass is 79.9. The summed E-state index contributed by atoms with van der Waals surface area (Å²) in [7, 11) is 0. The van der Waals surface area contributed by atoms with Gasteiger partial charge in [-0.05, 0) is 48.2 Å². The zero-order valence-corrected chi connectivity index (χ0v) is 14.7. The smallest absolute Gasteiger partial charge is 0.143 e. The van der Waals surface area contributed by atoms with Crippen molar-refractivity contribution in [3.8, 4) is 0 Å². The second-order valence-electron chi connectivity index (χ2n) is 6.17. The maximum Gasteiger partial charge on any atom is 0.143 e. The molecule has 2 unspecified atom stereocenters. The monoisotopic (exact) mass is 372 g/mol. The van der Waals surface area contributed by atoms with Gasteiger partial charge in [0, 0.05) is 18.1 Å². The zero-order chi connectivity index (χ0) is 14.9. The first-order chi connectivity index (χ1) is 10.2. The topological polar surface area (TPSA) is 34.1 Å². The molecule has 1 heterocycles. The molecule has 1 aromatic heterocycles. The number of nitrogens with zero attached hydrogens (tertiary/aromatic N) is 1. The quantitative estimate of drug-likeness (QED) is 0.751. The molecule has 2 saturated carbocycles. The fourth-order valence-corrected chi connectivity index (χ4v) is 4.42. The summed E-state index contributed by atoms with van der Waals surface area (Å²) in [6.45, 7) is 2.91. The largest absolute Gasteiger partial charge is 0.380 e. The average molecular weight is 374 g/mol. The van der Waals surface area contributed by atoms with Gasteiger partial charge in [0.2, 0.25) is 0 Å². The van der Waals surface area contributed by atoms with E-state index in [4.69, 9.17) is 16.3 Å². The van der Waals surface area contributed by atoms with Crippen molar-refractivity contribution < 1.29 is 4.74 Å². The van der Waals surface area contributed by atoms with Gasteiger partial charge in [0.1, 0.15) is 5.15 Å². The van der Waals surface area contributed by atoms with Gasteiger partial charge in [-0.3, -0.25) is 0 Å². The first-order valence-corrected chi connectivity index (χ1v) is 9.02. The van der Waals surface area contributed by atoms with Crippen molar-refractivity contribution in [2.24, 2.45) is 5.41 Å². The first-order valence-electron chi connectivity index (χ1n) is 7.85. The highest BCUT2D eigenvalue weighted by molar-refractivity contribution is 9.10. The molecular formula is C16H22BrClN2O. The van der Waals surface area contributed by atoms with Crippen LogP contribution >= 0.6 is 27.5 Å². The van der Waals surface area contributed by atoms with Crippen LogP contribution in [0.15, 0.2) is 16.7 Å². The summed E-state index contributed by atoms with van der Waals surface area (Å²) in [5.41, 5.74) is 1.36. The van der Waals surface area contributed by atoms with Crippen molar-refractivity contribution >= 4 is 33.2 Å². The number of hydrogen-bond acceptors (Lipinski definition) is 3. The average Bonchev–Trinajstić information content (AvgIpc) is 2.50. The van der Waals surface area contributed by atoms with Gasteiger partial charge >= 0.3 is 0 Å². The molecule has 2 atom stereocenters. The number of rotatable bonds is 4. The van der Waals surface area contributed by atoms with E-state index in [2.05, 4.69) is 33.2 Å². The Kier molecular flexibility index (Phi) is 4.77. The third kappa shape index (κ3) is 2.95. The number of aromatic nitrogens is 1. The van der Waals surface area contributed by atoms with E-state index in [0.717, 1.165) is 23.2 Å². The molecule has 3 rings (SSSR count). The summed E-state index contributed by atoms with van der Waals surface area (Å²) >= 11 is 9.41. The number of nitrogens with one attached hydrogen (secondary N) is 1. The molecule has 0 amide bonds. The van der Waals surface area contributed by atoms with Crippen LogP contribution in [0, 0.1) is 5.41 Å². The van der Waals surface area contributed by atoms with Gasteiger partial charge in [-0.1, -0.05) is 30.9 Å². The van der Waals surface area contributed by atoms with Crippen molar-refractivity contribution in [1.82, 2.24) is 4.98 Å². The molecule has 0 bridgehead atoms. The van der Waals surface area contributed by atoms with Crippen molar-refractivity contribution in [3.63, 3.8) is 0 Å². The second-order valence-corrected chi connectivity index (χ2v) is 7.38. The van der Waals surface area contributed by atoms with Crippen molar-refractivity contribution in [1.29, 1.82) is 0 Å². The Balaban J connectivity index is 1.73. The lowest BCUT2D eigenvalue weighted by molar-refractivity contribution is -0.134. The van der Waals surface area contributed by atoms with Gasteiger partial charge < -0.3 is 10.1 Å². The fourth-order valence-electron chi connectivity index (χ4n) is 3.97. The summed E-state index contributed by atoms with van der Waals surface area (Å²) in [4.78, 5) is 4.20. The molecule has 1 N–H and O–H groups in total. The van der Waals surface area contributed by atoms with Crippen LogP contribution in [0.5, 0.6) is 0 Å². The van der Waals surface area contributed by atoms with E-state index in [1.54, 1.807) is 0 Å². The van der Waals surface area contributed by atoms with Crippen molar-refractivity contribution in [3.05, 3.63) is 21.9 Å². The molecule has 116 valence electrons. The van der Waals surface area contributed by atoms with Crippen LogP contribution in [0.3, 0.4) is 0 Å². The Labute approximate surface area is 139 Å². The van der Waals surface area contributed by atoms with Crippen LogP contribution in [0.1, 0.15) is 45.4 Å². The molecule has 5 heteroatoms. The lowest BCUT2D eigenvalue weighted by atomic mass is 9.55. The fraction of sp³-hybridized carbons (Fsp3) is 0.688. The number of hydrogen-bond donors (Lipinski definition) is 1. The standard InChI is InChI=1S/C16H22BrClN2O/c1-2-21-14-9-13(16(14)6-4-3-5-7-16)20-11-8-12(17)15(18)19-10-11/h8,10,13-14,20H,2-7,9H2,1H3. The normalized spacial score (nSPS) is 27.4. The van der Waals surface area contributed by atoms with E-state index in [0.29, 0.717) is 22.7 Å². The Morgan fingerprint density at radius 3 is 2.86 bits per heavy atom. The molecule has 1 spiro atoms. The molecule has 2 aliphatic carbocycles. The van der Waals surface area contributed by atoms with Gasteiger partial charge in [0.25, 0.3) is 0 Å². The predicted molar refractivity (Wildman–Crippen MR) is 89.9 cm³/mol. The summed E-state index contributed by atoms with van der Waals surface area (Å²) in [6.07, 6.45) is 9.89. The van der Waals surface area contributed by atoms with Crippen molar-refractivity contribution in [2.45, 2.75) is 57.6 Å². The highest BCUT2D eigenvalue weighted by Crippen LogP contribution is 2.54. The molecule has 3 nitrogen and oxygen atoms in total. The van der Waals surface area contributed by atoms with E-state index in [1.807, 2.05) is 12.3 Å². The lowest BCUT2D eigenvalue weighted by Gasteiger charge is -2.58. The third-order valence-corrected chi connectivity index (χ3v) is 6.21. The van der Waals surface area contributed by atoms with Gasteiger partial charge in [-0.15, -0.1) is 0 Å². The Morgan fingerprint density at radius 1 is 1.43 bits per heavy atom. The molecule has 2 fully saturated rings. The minimum atomic E-state index is 0.320. The second kappa shape index (κ2) is 6.43. The lowest BCUT2D eigenvalue weighted by Crippen LogP contribution is -2.62. The van der Waals surface area contributed by atoms with Crippen LogP contribution in [0.4, 0.5) is 5.69 Å². The van der Waals surface area contributed by atoms with Crippen LogP contribution in [0.2, 0.25) is 5.15 Å². The minimum Gasteiger partial charge on any atom is -0.380 e. The summed E-state index contributed by atoms with van der Waals surface area (Å²) in [5, 5.41) is 4.17. The van der Waals surface area contributed by atoms with Gasteiger partial charge in [-0.25, -0.2) is 4.98 Å². The van der Waals surface area contributed by atoms with Crippen LogP contribution in [-0.4, -0.2) is 23.7 Å². The highest BCUT2D eigenvalue weighted by Gasteiger charge is 2.55. The van der Waals surface area contributed by atoms with Crippen molar-refractivity contribution in [2.75, 3.05) is 11.9 Å². The molecule has 2 aliphatic rings. The summed E-state index contributed by atoms with van der Waals surface area (Å²) in [6, 6.07) is 2.50. The van der Waals surface area contributed by atoms with Gasteiger partial charge in [-0.2, -0.15) is 0 Å². The molecule has 21 heavy (non-hydrogen) atoms. The van der Waals surface area contributed by atoms with Gasteiger partial charge in [0.05, 0.1) is 22.5 Å². The Morgan fingerprint density at radius 2 is 2.19 bits per heavy atom. The minimum absolute atomic E-state index is 0.320. The summed E-state index contributed by atoms with van der Waals surface area (Å²) < 4.78 is 6.84. The number of pyridine rings is 1. The first kappa shape index (κ1) is 15.6. The summed E-state index contributed by atoms with van der Waals surface area (Å²) in [5.74, 6) is 0. The molecule has 0 saturated heterocycles. The Hall–Kier alpha value is -0.320. The predicted octanol–water partition coefficient (Wildman–Crippen LogP) is 5.04. The number of halogens is 2. The number of anilines is 1. The zero-order valence-electron chi connectivity index (χ0n) is 12.4. The maximum absolute atomic E-state index is 6.00. The van der Waals surface area contributed by atoms with Crippen LogP contribution in [-0.2, 0) is 4.74 Å². The maximum atomic E-state index is 6.00.